The third kappa shape index (κ3) is 9.06. The summed E-state index contributed by atoms with van der Waals surface area (Å²) in [5.74, 6) is -0.473. The van der Waals surface area contributed by atoms with E-state index in [-0.39, 0.29) is 40.7 Å². The maximum Gasteiger partial charge on any atom is 0.573 e. The van der Waals surface area contributed by atoms with E-state index >= 15 is 0 Å². The van der Waals surface area contributed by atoms with Gasteiger partial charge in [0.1, 0.15) is 18.7 Å². The number of aromatic nitrogens is 3. The predicted molar refractivity (Wildman–Crippen MR) is 167 cm³/mol. The monoisotopic (exact) mass is 658 g/mol. The lowest BCUT2D eigenvalue weighted by Crippen LogP contribution is -2.30. The van der Waals surface area contributed by atoms with E-state index in [0.29, 0.717) is 23.5 Å². The second kappa shape index (κ2) is 14.9. The van der Waals surface area contributed by atoms with Gasteiger partial charge in [-0.3, -0.25) is 9.69 Å². The van der Waals surface area contributed by atoms with Gasteiger partial charge < -0.3 is 14.8 Å². The molecule has 0 aliphatic heterocycles. The van der Waals surface area contributed by atoms with Crippen LogP contribution in [-0.4, -0.2) is 44.5 Å². The third-order valence-corrected chi connectivity index (χ3v) is 7.10. The van der Waals surface area contributed by atoms with Crippen LogP contribution in [0.5, 0.6) is 11.5 Å². The molecule has 4 aromatic rings. The molecule has 0 radical (unpaired) electrons. The Morgan fingerprint density at radius 3 is 2.50 bits per heavy atom. The van der Waals surface area contributed by atoms with Gasteiger partial charge in [0.15, 0.2) is 22.6 Å². The fourth-order valence-electron chi connectivity index (χ4n) is 4.20. The van der Waals surface area contributed by atoms with Crippen molar-refractivity contribution in [1.29, 1.82) is 0 Å². The molecule has 3 aromatic carbocycles. The summed E-state index contributed by atoms with van der Waals surface area (Å²) in [6.07, 6.45) is -2.86. The summed E-state index contributed by atoms with van der Waals surface area (Å²) in [6.45, 7) is 7.55. The first-order chi connectivity index (χ1) is 21.9. The number of rotatable bonds is 10. The van der Waals surface area contributed by atoms with Crippen LogP contribution in [0.4, 0.5) is 33.7 Å². The van der Waals surface area contributed by atoms with E-state index in [4.69, 9.17) is 4.74 Å². The minimum atomic E-state index is -4.80. The maximum absolute atomic E-state index is 14.9. The summed E-state index contributed by atoms with van der Waals surface area (Å²) in [5, 5.41) is 6.86. The number of nitrogens with one attached hydrogen (secondary N) is 1. The summed E-state index contributed by atoms with van der Waals surface area (Å²) >= 11 is 1.21. The highest BCUT2D eigenvalue weighted by molar-refractivity contribution is 8.14. The number of benzene rings is 3. The molecule has 10 nitrogen and oxygen atoms in total. The average molecular weight is 659 g/mol. The SMILES string of the molecule is CCSC(=NC(=O)Nc1ccc(OCc2ncn(-c3ccc(OC(F)(F)F)cc3)n2)c(F)c1)N(C=O)c1cc(C)ccc1C(C)C. The number of thioether (sulfide) groups is 1. The fraction of sp³-hybridized carbons (Fsp3) is 0.258. The third-order valence-electron chi connectivity index (χ3n) is 6.26. The highest BCUT2D eigenvalue weighted by atomic mass is 32.2. The Hall–Kier alpha value is -4.92. The number of carbonyl (C=O) groups is 2. The molecule has 242 valence electrons. The molecule has 4 rings (SSSR count). The van der Waals surface area contributed by atoms with Gasteiger partial charge in [-0.25, -0.2) is 18.9 Å². The van der Waals surface area contributed by atoms with Gasteiger partial charge in [-0.05, 0) is 72.2 Å². The zero-order chi connectivity index (χ0) is 33.4. The summed E-state index contributed by atoms with van der Waals surface area (Å²) in [5.41, 5.74) is 2.99. The molecule has 46 heavy (non-hydrogen) atoms. The minimum absolute atomic E-state index is 0.107. The Morgan fingerprint density at radius 2 is 1.87 bits per heavy atom. The van der Waals surface area contributed by atoms with Crippen molar-refractivity contribution >= 4 is 40.7 Å². The van der Waals surface area contributed by atoms with Crippen molar-refractivity contribution in [3.05, 3.63) is 89.8 Å². The summed E-state index contributed by atoms with van der Waals surface area (Å²) in [4.78, 5) is 34.6. The Balaban J connectivity index is 1.41. The predicted octanol–water partition coefficient (Wildman–Crippen LogP) is 7.62. The molecule has 0 saturated heterocycles. The van der Waals surface area contributed by atoms with Gasteiger partial charge >= 0.3 is 12.4 Å². The Labute approximate surface area is 266 Å². The van der Waals surface area contributed by atoms with Gasteiger partial charge in [0.25, 0.3) is 0 Å². The number of nitrogens with zero attached hydrogens (tertiary/aromatic N) is 5. The fourth-order valence-corrected chi connectivity index (χ4v) is 4.89. The smallest absolute Gasteiger partial charge is 0.482 e. The normalized spacial score (nSPS) is 11.8. The van der Waals surface area contributed by atoms with Gasteiger partial charge in [-0.15, -0.1) is 18.3 Å². The molecule has 0 atom stereocenters. The van der Waals surface area contributed by atoms with E-state index in [9.17, 15) is 27.2 Å². The number of hydrogen-bond acceptors (Lipinski definition) is 7. The molecule has 0 aliphatic carbocycles. The van der Waals surface area contributed by atoms with Crippen molar-refractivity contribution in [2.24, 2.45) is 4.99 Å². The van der Waals surface area contributed by atoms with Crippen molar-refractivity contribution in [1.82, 2.24) is 14.8 Å². The van der Waals surface area contributed by atoms with Crippen LogP contribution in [0.3, 0.4) is 0 Å². The number of amides is 3. The molecule has 15 heteroatoms. The van der Waals surface area contributed by atoms with Crippen LogP contribution < -0.4 is 19.7 Å². The highest BCUT2D eigenvalue weighted by Crippen LogP contribution is 2.30. The van der Waals surface area contributed by atoms with E-state index in [1.807, 2.05) is 45.9 Å². The molecule has 0 unspecified atom stereocenters. The lowest BCUT2D eigenvalue weighted by molar-refractivity contribution is -0.274. The molecule has 0 spiro atoms. The zero-order valence-corrected chi connectivity index (χ0v) is 26.0. The zero-order valence-electron chi connectivity index (χ0n) is 25.2. The number of urea groups is 1. The van der Waals surface area contributed by atoms with Gasteiger partial charge in [0.2, 0.25) is 6.41 Å². The largest absolute Gasteiger partial charge is 0.573 e. The number of carbonyl (C=O) groups excluding carboxylic acids is 2. The molecular weight excluding hydrogens is 628 g/mol. The lowest BCUT2D eigenvalue weighted by Gasteiger charge is -2.23. The molecule has 3 amide bonds. The first kappa shape index (κ1) is 34.0. The molecule has 0 fully saturated rings. The average Bonchev–Trinajstić information content (AvgIpc) is 3.46. The molecule has 0 bridgehead atoms. The number of aryl methyl sites for hydroxylation is 1. The van der Waals surface area contributed by atoms with Gasteiger partial charge in [0.05, 0.1) is 11.4 Å². The molecular formula is C31H30F4N6O4S. The van der Waals surface area contributed by atoms with Gasteiger partial charge in [-0.2, -0.15) is 4.99 Å². The van der Waals surface area contributed by atoms with Crippen LogP contribution in [0, 0.1) is 12.7 Å². The number of alkyl halides is 3. The van der Waals surface area contributed by atoms with E-state index < -0.39 is 18.2 Å². The Kier molecular flexibility index (Phi) is 11.0. The van der Waals surface area contributed by atoms with Crippen LogP contribution in [0.1, 0.15) is 43.6 Å². The highest BCUT2D eigenvalue weighted by Gasteiger charge is 2.31. The molecule has 1 N–H and O–H groups in total. The van der Waals surface area contributed by atoms with Crippen LogP contribution in [0.2, 0.25) is 0 Å². The second-order valence-corrected chi connectivity index (χ2v) is 11.3. The van der Waals surface area contributed by atoms with Crippen molar-refractivity contribution in [2.75, 3.05) is 16.0 Å². The van der Waals surface area contributed by atoms with Gasteiger partial charge in [-0.1, -0.05) is 44.7 Å². The van der Waals surface area contributed by atoms with Crippen molar-refractivity contribution in [3.8, 4) is 17.2 Å². The Bertz CT molecular complexity index is 1710. The number of hydrogen-bond donors (Lipinski definition) is 1. The van der Waals surface area contributed by atoms with E-state index in [1.54, 1.807) is 0 Å². The topological polar surface area (TPSA) is 111 Å². The Morgan fingerprint density at radius 1 is 1.13 bits per heavy atom. The molecule has 1 aromatic heterocycles. The number of aliphatic imine (C=N–C) groups is 1. The van der Waals surface area contributed by atoms with Crippen molar-refractivity contribution in [3.63, 3.8) is 0 Å². The van der Waals surface area contributed by atoms with Crippen LogP contribution in [0.25, 0.3) is 5.69 Å². The van der Waals surface area contributed by atoms with E-state index in [1.165, 1.54) is 51.9 Å². The number of amidine groups is 1. The second-order valence-electron chi connectivity index (χ2n) is 10.0. The first-order valence-corrected chi connectivity index (χ1v) is 14.9. The van der Waals surface area contributed by atoms with Crippen LogP contribution in [-0.2, 0) is 11.4 Å². The number of anilines is 2. The molecule has 1 heterocycles. The molecule has 0 saturated carbocycles. The van der Waals surface area contributed by atoms with Crippen LogP contribution >= 0.6 is 11.8 Å². The van der Waals surface area contributed by atoms with E-state index in [2.05, 4.69) is 25.1 Å². The number of ether oxygens (including phenoxy) is 2. The molecule has 0 aliphatic rings. The standard InChI is InChI=1S/C31H30F4N6O4S/c1-5-46-30(40(18-42)26-14-20(4)6-12-24(26)19(2)3)38-29(43)37-21-7-13-27(25(32)15-21)44-16-28-36-17-41(39-28)22-8-10-23(11-9-22)45-31(33,34)35/h6-15,17-19H,5,16H2,1-4H3,(H,37,43). The van der Waals surface area contributed by atoms with E-state index in [0.717, 1.165) is 29.3 Å². The summed E-state index contributed by atoms with van der Waals surface area (Å²) in [6, 6.07) is 13.7. The summed E-state index contributed by atoms with van der Waals surface area (Å²) in [7, 11) is 0. The minimum Gasteiger partial charge on any atom is -0.482 e. The van der Waals surface area contributed by atoms with Crippen molar-refractivity contribution in [2.45, 2.75) is 46.6 Å². The quantitative estimate of drug-likeness (QED) is 0.0808. The van der Waals surface area contributed by atoms with Gasteiger partial charge in [0, 0.05) is 11.8 Å². The number of halogens is 4. The van der Waals surface area contributed by atoms with Crippen LogP contribution in [0.15, 0.2) is 72.0 Å². The van der Waals surface area contributed by atoms with Crippen molar-refractivity contribution < 1.29 is 36.6 Å². The first-order valence-electron chi connectivity index (χ1n) is 13.9. The summed E-state index contributed by atoms with van der Waals surface area (Å²) < 4.78 is 62.7. The lowest BCUT2D eigenvalue weighted by atomic mass is 9.99. The maximum atomic E-state index is 14.9.